The van der Waals surface area contributed by atoms with Crippen LogP contribution in [0.25, 0.3) is 5.69 Å². The van der Waals surface area contributed by atoms with Crippen molar-refractivity contribution in [3.63, 3.8) is 0 Å². The van der Waals surface area contributed by atoms with Gasteiger partial charge in [0.1, 0.15) is 17.9 Å². The number of nitrogens with zero attached hydrogens (tertiary/aromatic N) is 1. The Morgan fingerprint density at radius 3 is 2.52 bits per heavy atom. The molecule has 1 atom stereocenters. The number of hydrogen-bond acceptors (Lipinski definition) is 3. The average Bonchev–Trinajstić information content (AvgIpc) is 2.64. The lowest BCUT2D eigenvalue weighted by atomic mass is 9.94. The molecule has 0 saturated heterocycles. The van der Waals surface area contributed by atoms with E-state index in [0.29, 0.717) is 34.7 Å². The monoisotopic (exact) mass is 361 g/mol. The lowest BCUT2D eigenvalue weighted by Gasteiger charge is -2.35. The van der Waals surface area contributed by atoms with E-state index in [2.05, 4.69) is 10.3 Å². The van der Waals surface area contributed by atoms with Gasteiger partial charge in [0.2, 0.25) is 0 Å². The van der Waals surface area contributed by atoms with E-state index in [-0.39, 0.29) is 5.56 Å². The van der Waals surface area contributed by atoms with Crippen LogP contribution < -0.4 is 21.5 Å². The number of hydrogen-bond donors (Lipinski definition) is 3. The zero-order valence-electron chi connectivity index (χ0n) is 14.0. The summed E-state index contributed by atoms with van der Waals surface area (Å²) in [5.41, 5.74) is 0.627. The molecule has 0 radical (unpaired) electrons. The van der Waals surface area contributed by atoms with Crippen molar-refractivity contribution < 1.29 is 4.90 Å². The number of aromatic amines is 1. The summed E-state index contributed by atoms with van der Waals surface area (Å²) in [6.45, 7) is 1.38. The second-order valence-electron chi connectivity index (χ2n) is 6.92. The molecule has 0 spiro atoms. The maximum atomic E-state index is 12.4. The van der Waals surface area contributed by atoms with Crippen LogP contribution >= 0.6 is 11.6 Å². The zero-order chi connectivity index (χ0) is 17.4. The number of nitrogens with one attached hydrogen (secondary N) is 3. The van der Waals surface area contributed by atoms with Crippen LogP contribution in [0.3, 0.4) is 0 Å². The minimum atomic E-state index is -0.431. The van der Waals surface area contributed by atoms with Crippen molar-refractivity contribution in [1.29, 1.82) is 0 Å². The van der Waals surface area contributed by atoms with Crippen LogP contribution in [0.2, 0.25) is 5.02 Å². The maximum absolute atomic E-state index is 12.4. The summed E-state index contributed by atoms with van der Waals surface area (Å²) in [6.07, 6.45) is 6.26. The zero-order valence-corrected chi connectivity index (χ0v) is 14.7. The molecule has 4 rings (SSSR count). The van der Waals surface area contributed by atoms with Crippen molar-refractivity contribution in [3.05, 3.63) is 55.7 Å². The number of fused-ring (bicyclic) bond motifs is 1. The molecule has 1 aliphatic heterocycles. The van der Waals surface area contributed by atoms with Crippen LogP contribution in [0.1, 0.15) is 37.7 Å². The SMILES string of the molecule is O=c1[nH]c(=O)n(-c2ccc(Cl)cc2)c2c1C[NH+](C1CCCCC1)CN2. The first-order chi connectivity index (χ1) is 12.1. The van der Waals surface area contributed by atoms with Crippen LogP contribution in [0.4, 0.5) is 5.82 Å². The first-order valence-corrected chi connectivity index (χ1v) is 9.24. The molecule has 1 aromatic carbocycles. The van der Waals surface area contributed by atoms with E-state index >= 15 is 0 Å². The van der Waals surface area contributed by atoms with E-state index in [0.717, 1.165) is 6.67 Å². The molecule has 2 heterocycles. The van der Waals surface area contributed by atoms with Crippen molar-refractivity contribution in [1.82, 2.24) is 9.55 Å². The Hall–Kier alpha value is -2.05. The highest BCUT2D eigenvalue weighted by Crippen LogP contribution is 2.20. The first-order valence-electron chi connectivity index (χ1n) is 8.86. The molecule has 6 nitrogen and oxygen atoms in total. The molecule has 2 aromatic rings. The third-order valence-corrected chi connectivity index (χ3v) is 5.61. The van der Waals surface area contributed by atoms with E-state index < -0.39 is 5.69 Å². The highest BCUT2D eigenvalue weighted by molar-refractivity contribution is 6.30. The van der Waals surface area contributed by atoms with Crippen molar-refractivity contribution in [2.75, 3.05) is 12.0 Å². The quantitative estimate of drug-likeness (QED) is 0.754. The van der Waals surface area contributed by atoms with Gasteiger partial charge in [0, 0.05) is 5.02 Å². The smallest absolute Gasteiger partial charge is 0.324 e. The van der Waals surface area contributed by atoms with E-state index in [1.54, 1.807) is 24.3 Å². The number of halogens is 1. The molecule has 1 unspecified atom stereocenters. The molecular weight excluding hydrogens is 340 g/mol. The summed E-state index contributed by atoms with van der Waals surface area (Å²) in [7, 11) is 0. The highest BCUT2D eigenvalue weighted by Gasteiger charge is 2.31. The van der Waals surface area contributed by atoms with E-state index in [9.17, 15) is 9.59 Å². The number of benzene rings is 1. The van der Waals surface area contributed by atoms with Gasteiger partial charge < -0.3 is 10.2 Å². The summed E-state index contributed by atoms with van der Waals surface area (Å²) >= 11 is 5.95. The van der Waals surface area contributed by atoms with E-state index in [1.807, 2.05) is 0 Å². The van der Waals surface area contributed by atoms with Gasteiger partial charge in [-0.15, -0.1) is 0 Å². The minimum Gasteiger partial charge on any atom is -0.324 e. The van der Waals surface area contributed by atoms with Crippen molar-refractivity contribution in [2.24, 2.45) is 0 Å². The molecule has 1 fully saturated rings. The first kappa shape index (κ1) is 16.4. The molecule has 1 aromatic heterocycles. The summed E-state index contributed by atoms with van der Waals surface area (Å²) in [5, 5.41) is 3.95. The van der Waals surface area contributed by atoms with Crippen LogP contribution in [0, 0.1) is 0 Å². The Morgan fingerprint density at radius 2 is 1.80 bits per heavy atom. The molecule has 3 N–H and O–H groups in total. The van der Waals surface area contributed by atoms with E-state index in [1.165, 1.54) is 41.6 Å². The molecule has 1 saturated carbocycles. The molecular formula is C18H22ClN4O2+. The van der Waals surface area contributed by atoms with Gasteiger partial charge in [-0.25, -0.2) is 9.36 Å². The fraction of sp³-hybridized carbons (Fsp3) is 0.444. The Morgan fingerprint density at radius 1 is 1.08 bits per heavy atom. The Bertz CT molecular complexity index is 881. The predicted molar refractivity (Wildman–Crippen MR) is 97.7 cm³/mol. The largest absolute Gasteiger partial charge is 0.334 e. The van der Waals surface area contributed by atoms with E-state index in [4.69, 9.17) is 11.6 Å². The second kappa shape index (κ2) is 6.69. The molecule has 0 amide bonds. The maximum Gasteiger partial charge on any atom is 0.334 e. The average molecular weight is 362 g/mol. The molecule has 7 heteroatoms. The normalized spacial score (nSPS) is 20.8. The molecule has 1 aliphatic carbocycles. The third-order valence-electron chi connectivity index (χ3n) is 5.36. The molecule has 132 valence electrons. The molecule has 25 heavy (non-hydrogen) atoms. The number of anilines is 1. The van der Waals surface area contributed by atoms with Crippen molar-refractivity contribution >= 4 is 17.4 Å². The Kier molecular flexibility index (Phi) is 4.39. The third kappa shape index (κ3) is 3.12. The number of quaternary nitrogens is 1. The minimum absolute atomic E-state index is 0.286. The van der Waals surface area contributed by atoms with Gasteiger partial charge in [0.25, 0.3) is 5.56 Å². The number of rotatable bonds is 2. The fourth-order valence-electron chi connectivity index (χ4n) is 4.05. The molecule has 0 bridgehead atoms. The van der Waals surface area contributed by atoms with Crippen LogP contribution in [0.5, 0.6) is 0 Å². The lowest BCUT2D eigenvalue weighted by Crippen LogP contribution is -3.16. The summed E-state index contributed by atoms with van der Waals surface area (Å²) in [6, 6.07) is 7.63. The standard InChI is InChI=1S/C18H21ClN4O2/c19-12-6-8-14(9-7-12)23-16-15(17(24)21-18(23)25)10-22(11-20-16)13-4-2-1-3-5-13/h6-9,13,20H,1-5,10-11H2,(H,21,24,25)/p+1. The van der Waals surface area contributed by atoms with Gasteiger partial charge in [0.15, 0.2) is 6.67 Å². The summed E-state index contributed by atoms with van der Waals surface area (Å²) in [4.78, 5) is 28.7. The Balaban J connectivity index is 1.74. The van der Waals surface area contributed by atoms with Gasteiger partial charge >= 0.3 is 5.69 Å². The van der Waals surface area contributed by atoms with Gasteiger partial charge in [-0.3, -0.25) is 9.78 Å². The fourth-order valence-corrected chi connectivity index (χ4v) is 4.17. The van der Waals surface area contributed by atoms with Gasteiger partial charge in [0.05, 0.1) is 11.7 Å². The van der Waals surface area contributed by atoms with Crippen LogP contribution in [-0.2, 0) is 6.54 Å². The summed E-state index contributed by atoms with van der Waals surface area (Å²) < 4.78 is 1.53. The number of H-pyrrole nitrogens is 1. The predicted octanol–water partition coefficient (Wildman–Crippen LogP) is 1.28. The molecule has 2 aliphatic rings. The second-order valence-corrected chi connectivity index (χ2v) is 7.36. The van der Waals surface area contributed by atoms with Crippen LogP contribution in [-0.4, -0.2) is 22.3 Å². The lowest BCUT2D eigenvalue weighted by molar-refractivity contribution is -0.938. The Labute approximate surface area is 150 Å². The number of aromatic nitrogens is 2. The van der Waals surface area contributed by atoms with Gasteiger partial charge in [-0.05, 0) is 49.9 Å². The summed E-state index contributed by atoms with van der Waals surface area (Å²) in [5.74, 6) is 0.607. The van der Waals surface area contributed by atoms with Crippen molar-refractivity contribution in [2.45, 2.75) is 44.7 Å². The topological polar surface area (TPSA) is 71.3 Å². The highest BCUT2D eigenvalue weighted by atomic mass is 35.5. The van der Waals surface area contributed by atoms with Gasteiger partial charge in [-0.2, -0.15) is 0 Å². The van der Waals surface area contributed by atoms with Crippen LogP contribution in [0.15, 0.2) is 33.9 Å². The van der Waals surface area contributed by atoms with Crippen molar-refractivity contribution in [3.8, 4) is 5.69 Å². The van der Waals surface area contributed by atoms with Gasteiger partial charge in [-0.1, -0.05) is 18.0 Å².